The third-order valence-corrected chi connectivity index (χ3v) is 2.57. The lowest BCUT2D eigenvalue weighted by molar-refractivity contribution is 0.284. The first-order chi connectivity index (χ1) is 6.86. The molecule has 1 atom stereocenters. The van der Waals surface area contributed by atoms with Gasteiger partial charge in [-0.05, 0) is 11.1 Å². The van der Waals surface area contributed by atoms with Gasteiger partial charge in [-0.1, -0.05) is 30.3 Å². The smallest absolute Gasteiger partial charge is 0.124 e. The highest BCUT2D eigenvalue weighted by Crippen LogP contribution is 2.32. The largest absolute Gasteiger partial charge is 0.276 e. The molecule has 0 saturated carbocycles. The fourth-order valence-corrected chi connectivity index (χ4v) is 1.94. The minimum absolute atomic E-state index is 0.0933. The molecule has 0 aliphatic carbocycles. The van der Waals surface area contributed by atoms with Gasteiger partial charge >= 0.3 is 0 Å². The number of nitrogens with zero attached hydrogens (tertiary/aromatic N) is 2. The van der Waals surface area contributed by atoms with Crippen LogP contribution in [-0.4, -0.2) is 11.4 Å². The van der Waals surface area contributed by atoms with Gasteiger partial charge in [-0.15, -0.1) is 6.58 Å². The number of rotatable bonds is 2. The highest BCUT2D eigenvalue weighted by molar-refractivity contribution is 5.37. The van der Waals surface area contributed by atoms with Crippen LogP contribution in [0.25, 0.3) is 0 Å². The highest BCUT2D eigenvalue weighted by atomic mass is 15.2. The van der Waals surface area contributed by atoms with Crippen molar-refractivity contribution in [3.63, 3.8) is 0 Å². The Labute approximate surface area is 84.1 Å². The summed E-state index contributed by atoms with van der Waals surface area (Å²) in [5.41, 5.74) is 2.41. The molecule has 0 aromatic heterocycles. The van der Waals surface area contributed by atoms with Gasteiger partial charge in [0.15, 0.2) is 0 Å². The van der Waals surface area contributed by atoms with Gasteiger partial charge in [0.2, 0.25) is 0 Å². The molecule has 0 N–H and O–H groups in total. The number of hydrogen-bond donors (Lipinski definition) is 0. The fraction of sp³-hybridized carbons (Fsp3) is 0.250. The predicted molar refractivity (Wildman–Crippen MR) is 55.4 cm³/mol. The van der Waals surface area contributed by atoms with Crippen molar-refractivity contribution in [2.75, 3.05) is 6.54 Å². The second-order valence-electron chi connectivity index (χ2n) is 3.45. The lowest BCUT2D eigenvalue weighted by Gasteiger charge is -2.16. The van der Waals surface area contributed by atoms with Crippen molar-refractivity contribution in [1.82, 2.24) is 4.90 Å². The van der Waals surface area contributed by atoms with Crippen LogP contribution in [0.3, 0.4) is 0 Å². The standard InChI is InChI=1S/C12H12N2/c1-2-7-14-9-10-5-3-4-6-11(10)12(14)8-13/h2-6,12H,1,7,9H2. The Morgan fingerprint density at radius 1 is 1.57 bits per heavy atom. The first-order valence-corrected chi connectivity index (χ1v) is 4.69. The van der Waals surface area contributed by atoms with Crippen molar-refractivity contribution in [2.24, 2.45) is 0 Å². The van der Waals surface area contributed by atoms with Crippen LogP contribution < -0.4 is 0 Å². The molecule has 2 heteroatoms. The van der Waals surface area contributed by atoms with Crippen molar-refractivity contribution in [1.29, 1.82) is 5.26 Å². The SMILES string of the molecule is C=CCN1Cc2ccccc2C1C#N. The quantitative estimate of drug-likeness (QED) is 0.659. The van der Waals surface area contributed by atoms with Crippen LogP contribution in [0.15, 0.2) is 36.9 Å². The van der Waals surface area contributed by atoms with E-state index in [0.717, 1.165) is 18.7 Å². The summed E-state index contributed by atoms with van der Waals surface area (Å²) < 4.78 is 0. The van der Waals surface area contributed by atoms with Crippen molar-refractivity contribution in [2.45, 2.75) is 12.6 Å². The summed E-state index contributed by atoms with van der Waals surface area (Å²) in [5, 5.41) is 9.08. The van der Waals surface area contributed by atoms with Gasteiger partial charge in [0.05, 0.1) is 6.07 Å². The van der Waals surface area contributed by atoms with Crippen LogP contribution in [0, 0.1) is 11.3 Å². The molecule has 70 valence electrons. The van der Waals surface area contributed by atoms with Crippen molar-refractivity contribution < 1.29 is 0 Å². The monoisotopic (exact) mass is 184 g/mol. The van der Waals surface area contributed by atoms with Crippen LogP contribution in [-0.2, 0) is 6.54 Å². The zero-order valence-corrected chi connectivity index (χ0v) is 7.98. The molecular formula is C12H12N2. The van der Waals surface area contributed by atoms with Crippen molar-refractivity contribution in [3.8, 4) is 6.07 Å². The zero-order chi connectivity index (χ0) is 9.97. The number of fused-ring (bicyclic) bond motifs is 1. The maximum Gasteiger partial charge on any atom is 0.124 e. The van der Waals surface area contributed by atoms with Gasteiger partial charge in [-0.3, -0.25) is 4.90 Å². The summed E-state index contributed by atoms with van der Waals surface area (Å²) in [4.78, 5) is 2.12. The Hall–Kier alpha value is -1.59. The van der Waals surface area contributed by atoms with E-state index in [4.69, 9.17) is 5.26 Å². The molecule has 1 aliphatic heterocycles. The molecular weight excluding hydrogens is 172 g/mol. The molecule has 14 heavy (non-hydrogen) atoms. The minimum atomic E-state index is -0.0933. The molecule has 2 rings (SSSR count). The number of hydrogen-bond acceptors (Lipinski definition) is 2. The highest BCUT2D eigenvalue weighted by Gasteiger charge is 2.28. The Morgan fingerprint density at radius 3 is 3.07 bits per heavy atom. The summed E-state index contributed by atoms with van der Waals surface area (Å²) in [7, 11) is 0. The van der Waals surface area contributed by atoms with E-state index in [-0.39, 0.29) is 6.04 Å². The van der Waals surface area contributed by atoms with Crippen LogP contribution in [0.5, 0.6) is 0 Å². The Bertz CT molecular complexity index is 390. The third kappa shape index (κ3) is 1.32. The molecule has 1 aromatic carbocycles. The lowest BCUT2D eigenvalue weighted by Crippen LogP contribution is -2.20. The maximum atomic E-state index is 9.08. The number of nitriles is 1. The zero-order valence-electron chi connectivity index (χ0n) is 7.98. The third-order valence-electron chi connectivity index (χ3n) is 2.57. The van der Waals surface area contributed by atoms with Gasteiger partial charge < -0.3 is 0 Å². The van der Waals surface area contributed by atoms with E-state index in [1.54, 1.807) is 0 Å². The molecule has 0 fully saturated rings. The summed E-state index contributed by atoms with van der Waals surface area (Å²) in [6, 6.07) is 10.4. The molecule has 2 nitrogen and oxygen atoms in total. The molecule has 0 radical (unpaired) electrons. The van der Waals surface area contributed by atoms with Gasteiger partial charge in [0.25, 0.3) is 0 Å². The van der Waals surface area contributed by atoms with Gasteiger partial charge in [-0.25, -0.2) is 0 Å². The molecule has 0 amide bonds. The van der Waals surface area contributed by atoms with Gasteiger partial charge in [0.1, 0.15) is 6.04 Å². The maximum absolute atomic E-state index is 9.08. The average molecular weight is 184 g/mol. The first kappa shape index (κ1) is 8.98. The minimum Gasteiger partial charge on any atom is -0.276 e. The fourth-order valence-electron chi connectivity index (χ4n) is 1.94. The second kappa shape index (κ2) is 3.65. The van der Waals surface area contributed by atoms with Crippen LogP contribution in [0.2, 0.25) is 0 Å². The van der Waals surface area contributed by atoms with E-state index in [1.165, 1.54) is 5.56 Å². The molecule has 1 aliphatic rings. The van der Waals surface area contributed by atoms with Crippen LogP contribution in [0.4, 0.5) is 0 Å². The average Bonchev–Trinajstić information content (AvgIpc) is 2.55. The first-order valence-electron chi connectivity index (χ1n) is 4.69. The van der Waals surface area contributed by atoms with Crippen LogP contribution >= 0.6 is 0 Å². The van der Waals surface area contributed by atoms with E-state index in [9.17, 15) is 0 Å². The molecule has 1 aromatic rings. The predicted octanol–water partition coefficient (Wildman–Crippen LogP) is 2.25. The summed E-state index contributed by atoms with van der Waals surface area (Å²) in [5.74, 6) is 0. The van der Waals surface area contributed by atoms with Gasteiger partial charge in [0, 0.05) is 13.1 Å². The normalized spacial score (nSPS) is 20.1. The topological polar surface area (TPSA) is 27.0 Å². The Morgan fingerprint density at radius 2 is 2.36 bits per heavy atom. The molecule has 1 unspecified atom stereocenters. The van der Waals surface area contributed by atoms with E-state index >= 15 is 0 Å². The van der Waals surface area contributed by atoms with E-state index in [2.05, 4.69) is 23.6 Å². The second-order valence-corrected chi connectivity index (χ2v) is 3.45. The van der Waals surface area contributed by atoms with E-state index < -0.39 is 0 Å². The Balaban J connectivity index is 2.34. The summed E-state index contributed by atoms with van der Waals surface area (Å²) in [6.07, 6.45) is 1.84. The van der Waals surface area contributed by atoms with E-state index in [0.29, 0.717) is 0 Å². The van der Waals surface area contributed by atoms with Crippen molar-refractivity contribution in [3.05, 3.63) is 48.0 Å². The van der Waals surface area contributed by atoms with E-state index in [1.807, 2.05) is 24.3 Å². The summed E-state index contributed by atoms with van der Waals surface area (Å²) in [6.45, 7) is 5.34. The molecule has 1 heterocycles. The Kier molecular flexibility index (Phi) is 2.34. The van der Waals surface area contributed by atoms with Crippen LogP contribution in [0.1, 0.15) is 17.2 Å². The number of benzene rings is 1. The summed E-state index contributed by atoms with van der Waals surface area (Å²) >= 11 is 0. The lowest BCUT2D eigenvalue weighted by atomic mass is 10.1. The van der Waals surface area contributed by atoms with Crippen molar-refractivity contribution >= 4 is 0 Å². The van der Waals surface area contributed by atoms with Gasteiger partial charge in [-0.2, -0.15) is 5.26 Å². The molecule has 0 spiro atoms. The molecule has 0 bridgehead atoms. The molecule has 0 saturated heterocycles.